The fourth-order valence-electron chi connectivity index (χ4n) is 3.03. The summed E-state index contributed by atoms with van der Waals surface area (Å²) in [5.74, 6) is 0.685. The van der Waals surface area contributed by atoms with Crippen molar-refractivity contribution >= 4 is 5.91 Å². The van der Waals surface area contributed by atoms with Crippen LogP contribution in [0.4, 0.5) is 0 Å². The smallest absolute Gasteiger partial charge is 0.227 e. The van der Waals surface area contributed by atoms with Crippen molar-refractivity contribution in [3.63, 3.8) is 0 Å². The molecule has 0 heterocycles. The molecule has 4 N–H and O–H groups in total. The van der Waals surface area contributed by atoms with Crippen LogP contribution in [0.1, 0.15) is 39.5 Å². The molecule has 0 aliphatic heterocycles. The first-order valence-electron chi connectivity index (χ1n) is 7.56. The largest absolute Gasteiger partial charge is 0.387 e. The Morgan fingerprint density at radius 2 is 2.00 bits per heavy atom. The number of hydrogen-bond acceptors (Lipinski definition) is 4. The number of carbonyl (C=O) groups is 1. The third-order valence-electron chi connectivity index (χ3n) is 4.39. The van der Waals surface area contributed by atoms with E-state index in [0.29, 0.717) is 19.0 Å². The van der Waals surface area contributed by atoms with Crippen LogP contribution in [-0.2, 0) is 4.79 Å². The Bertz CT molecular complexity index is 321. The minimum absolute atomic E-state index is 0.00549. The molecule has 1 fully saturated rings. The van der Waals surface area contributed by atoms with Crippen LogP contribution in [0.15, 0.2) is 0 Å². The molecule has 1 rings (SSSR count). The molecular weight excluding hydrogens is 254 g/mol. The standard InChI is InChI=1S/C15H31N3O2/c1-12-5-7-15(9-16,8-6-12)13(19)17-10-14(2,20)11-18(3)4/h12,20H,5-11,16H2,1-4H3,(H,17,19). The van der Waals surface area contributed by atoms with Crippen molar-refractivity contribution in [2.24, 2.45) is 17.1 Å². The zero-order valence-electron chi connectivity index (χ0n) is 13.4. The van der Waals surface area contributed by atoms with Gasteiger partial charge in [0.2, 0.25) is 5.91 Å². The van der Waals surface area contributed by atoms with Gasteiger partial charge in [-0.05, 0) is 52.6 Å². The number of nitrogens with zero attached hydrogens (tertiary/aromatic N) is 1. The van der Waals surface area contributed by atoms with Gasteiger partial charge in [-0.1, -0.05) is 6.92 Å². The van der Waals surface area contributed by atoms with Crippen molar-refractivity contribution in [1.82, 2.24) is 10.2 Å². The Hall–Kier alpha value is -0.650. The molecule has 20 heavy (non-hydrogen) atoms. The van der Waals surface area contributed by atoms with Gasteiger partial charge in [-0.2, -0.15) is 0 Å². The molecule has 1 aliphatic rings. The molecule has 0 aromatic heterocycles. The number of likely N-dealkylation sites (N-methyl/N-ethyl adjacent to an activating group) is 1. The summed E-state index contributed by atoms with van der Waals surface area (Å²) in [4.78, 5) is 14.4. The lowest BCUT2D eigenvalue weighted by atomic mass is 9.70. The van der Waals surface area contributed by atoms with Gasteiger partial charge >= 0.3 is 0 Å². The van der Waals surface area contributed by atoms with Crippen LogP contribution in [0, 0.1) is 11.3 Å². The van der Waals surface area contributed by atoms with Crippen LogP contribution in [0.25, 0.3) is 0 Å². The molecule has 5 heteroatoms. The summed E-state index contributed by atoms with van der Waals surface area (Å²) in [5, 5.41) is 13.2. The maximum atomic E-state index is 12.5. The van der Waals surface area contributed by atoms with Gasteiger partial charge in [-0.25, -0.2) is 0 Å². The minimum Gasteiger partial charge on any atom is -0.387 e. The van der Waals surface area contributed by atoms with Gasteiger partial charge in [0.05, 0.1) is 11.0 Å². The molecule has 0 bridgehead atoms. The van der Waals surface area contributed by atoms with E-state index in [1.807, 2.05) is 19.0 Å². The zero-order valence-corrected chi connectivity index (χ0v) is 13.4. The van der Waals surface area contributed by atoms with E-state index in [2.05, 4.69) is 12.2 Å². The molecule has 1 atom stereocenters. The average molecular weight is 285 g/mol. The molecule has 0 spiro atoms. The molecular formula is C15H31N3O2. The molecule has 1 unspecified atom stereocenters. The monoisotopic (exact) mass is 285 g/mol. The van der Waals surface area contributed by atoms with Gasteiger partial charge in [0.15, 0.2) is 0 Å². The number of aliphatic hydroxyl groups is 1. The van der Waals surface area contributed by atoms with Crippen LogP contribution in [-0.4, -0.2) is 55.2 Å². The molecule has 0 aromatic carbocycles. The molecule has 1 amide bonds. The topological polar surface area (TPSA) is 78.6 Å². The van der Waals surface area contributed by atoms with Gasteiger partial charge in [-0.15, -0.1) is 0 Å². The summed E-state index contributed by atoms with van der Waals surface area (Å²) in [6, 6.07) is 0. The summed E-state index contributed by atoms with van der Waals surface area (Å²) in [7, 11) is 3.81. The molecule has 0 saturated heterocycles. The highest BCUT2D eigenvalue weighted by Crippen LogP contribution is 2.38. The predicted molar refractivity (Wildman–Crippen MR) is 81.3 cm³/mol. The van der Waals surface area contributed by atoms with Crippen molar-refractivity contribution < 1.29 is 9.90 Å². The lowest BCUT2D eigenvalue weighted by Gasteiger charge is -2.38. The first kappa shape index (κ1) is 17.4. The van der Waals surface area contributed by atoms with Crippen LogP contribution >= 0.6 is 0 Å². The molecule has 5 nitrogen and oxygen atoms in total. The van der Waals surface area contributed by atoms with Crippen molar-refractivity contribution in [2.75, 3.05) is 33.7 Å². The van der Waals surface area contributed by atoms with Crippen molar-refractivity contribution in [1.29, 1.82) is 0 Å². The second-order valence-corrected chi connectivity index (χ2v) is 7.08. The SMILES string of the molecule is CC1CCC(CN)(C(=O)NCC(C)(O)CN(C)C)CC1. The van der Waals surface area contributed by atoms with E-state index >= 15 is 0 Å². The first-order chi connectivity index (χ1) is 9.21. The molecule has 118 valence electrons. The third kappa shape index (κ3) is 4.72. The van der Waals surface area contributed by atoms with Gasteiger partial charge < -0.3 is 21.1 Å². The van der Waals surface area contributed by atoms with Crippen LogP contribution in [0.2, 0.25) is 0 Å². The van der Waals surface area contributed by atoms with Crippen LogP contribution in [0.3, 0.4) is 0 Å². The summed E-state index contributed by atoms with van der Waals surface area (Å²) in [6.45, 7) is 5.13. The van der Waals surface area contributed by atoms with E-state index in [4.69, 9.17) is 5.73 Å². The Morgan fingerprint density at radius 3 is 2.45 bits per heavy atom. The summed E-state index contributed by atoms with van der Waals surface area (Å²) in [6.07, 6.45) is 3.82. The van der Waals surface area contributed by atoms with Crippen molar-refractivity contribution in [3.8, 4) is 0 Å². The Balaban J connectivity index is 2.56. The third-order valence-corrected chi connectivity index (χ3v) is 4.39. The van der Waals surface area contributed by atoms with E-state index in [1.54, 1.807) is 6.92 Å². The van der Waals surface area contributed by atoms with E-state index in [0.717, 1.165) is 25.7 Å². The summed E-state index contributed by atoms with van der Waals surface area (Å²) >= 11 is 0. The molecule has 1 aliphatic carbocycles. The Labute approximate surface area is 122 Å². The number of carbonyl (C=O) groups excluding carboxylic acids is 1. The summed E-state index contributed by atoms with van der Waals surface area (Å²) < 4.78 is 0. The summed E-state index contributed by atoms with van der Waals surface area (Å²) in [5.41, 5.74) is 4.52. The van der Waals surface area contributed by atoms with Gasteiger partial charge in [-0.3, -0.25) is 4.79 Å². The van der Waals surface area contributed by atoms with E-state index in [1.165, 1.54) is 0 Å². The van der Waals surface area contributed by atoms with Crippen molar-refractivity contribution in [2.45, 2.75) is 45.1 Å². The second-order valence-electron chi connectivity index (χ2n) is 7.08. The Morgan fingerprint density at radius 1 is 1.45 bits per heavy atom. The maximum Gasteiger partial charge on any atom is 0.227 e. The first-order valence-corrected chi connectivity index (χ1v) is 7.56. The zero-order chi connectivity index (χ0) is 15.4. The molecule has 0 radical (unpaired) electrons. The number of amides is 1. The van der Waals surface area contributed by atoms with E-state index in [-0.39, 0.29) is 12.5 Å². The average Bonchev–Trinajstić information content (AvgIpc) is 2.36. The Kier molecular flexibility index (Phi) is 5.98. The fourth-order valence-corrected chi connectivity index (χ4v) is 3.03. The van der Waals surface area contributed by atoms with Gasteiger partial charge in [0.25, 0.3) is 0 Å². The maximum absolute atomic E-state index is 12.5. The van der Waals surface area contributed by atoms with Crippen LogP contribution < -0.4 is 11.1 Å². The van der Waals surface area contributed by atoms with Gasteiger partial charge in [0.1, 0.15) is 0 Å². The lowest BCUT2D eigenvalue weighted by Crippen LogP contribution is -2.53. The highest BCUT2D eigenvalue weighted by molar-refractivity contribution is 5.83. The molecule has 0 aromatic rings. The highest BCUT2D eigenvalue weighted by atomic mass is 16.3. The highest BCUT2D eigenvalue weighted by Gasteiger charge is 2.40. The van der Waals surface area contributed by atoms with Gasteiger partial charge in [0, 0.05) is 19.6 Å². The van der Waals surface area contributed by atoms with E-state index in [9.17, 15) is 9.90 Å². The molecule has 1 saturated carbocycles. The number of hydrogen-bond donors (Lipinski definition) is 3. The minimum atomic E-state index is -0.920. The number of nitrogens with two attached hydrogens (primary N) is 1. The van der Waals surface area contributed by atoms with Crippen molar-refractivity contribution in [3.05, 3.63) is 0 Å². The van der Waals surface area contributed by atoms with E-state index < -0.39 is 11.0 Å². The lowest BCUT2D eigenvalue weighted by molar-refractivity contribution is -0.134. The number of rotatable bonds is 6. The predicted octanol–water partition coefficient (Wildman–Crippen LogP) is 0.570. The number of nitrogens with one attached hydrogen (secondary N) is 1. The second kappa shape index (κ2) is 6.87. The fraction of sp³-hybridized carbons (Fsp3) is 0.933. The quantitative estimate of drug-likeness (QED) is 0.667. The van der Waals surface area contributed by atoms with Crippen LogP contribution in [0.5, 0.6) is 0 Å². The normalized spacial score (nSPS) is 30.1.